The molecule has 2 rings (SSSR count). The highest BCUT2D eigenvalue weighted by atomic mass is 35.5. The third kappa shape index (κ3) is 2.89. The summed E-state index contributed by atoms with van der Waals surface area (Å²) in [4.78, 5) is 11.7. The summed E-state index contributed by atoms with van der Waals surface area (Å²) in [5, 5.41) is -0.151. The van der Waals surface area contributed by atoms with Crippen molar-refractivity contribution in [2.45, 2.75) is 18.1 Å². The van der Waals surface area contributed by atoms with Gasteiger partial charge in [0.05, 0.1) is 5.25 Å². The molecule has 7 heteroatoms. The molecule has 1 aliphatic rings. The van der Waals surface area contributed by atoms with Crippen LogP contribution in [0.3, 0.4) is 0 Å². The molecule has 92 valence electrons. The van der Waals surface area contributed by atoms with Crippen LogP contribution >= 0.6 is 11.6 Å². The van der Waals surface area contributed by atoms with Crippen molar-refractivity contribution in [2.75, 3.05) is 5.73 Å². The van der Waals surface area contributed by atoms with Crippen LogP contribution in [0.4, 0.5) is 5.69 Å². The summed E-state index contributed by atoms with van der Waals surface area (Å²) >= 11 is 5.73. The standard InChI is InChI=1S/C10H11ClN2O3S/c11-7-3-6(4-8(12)5-7)10(14)13-17(15,16)9-1-2-9/h3-5,9H,1-2,12H2,(H,13,14). The fraction of sp³-hybridized carbons (Fsp3) is 0.300. The van der Waals surface area contributed by atoms with E-state index >= 15 is 0 Å². The van der Waals surface area contributed by atoms with E-state index in [0.717, 1.165) is 0 Å². The van der Waals surface area contributed by atoms with Crippen LogP contribution in [-0.2, 0) is 10.0 Å². The number of nitrogens with one attached hydrogen (secondary N) is 1. The molecule has 5 nitrogen and oxygen atoms in total. The van der Waals surface area contributed by atoms with Crippen molar-refractivity contribution in [3.05, 3.63) is 28.8 Å². The number of amides is 1. The van der Waals surface area contributed by atoms with E-state index in [1.165, 1.54) is 18.2 Å². The monoisotopic (exact) mass is 274 g/mol. The summed E-state index contributed by atoms with van der Waals surface area (Å²) in [5.41, 5.74) is 5.97. The highest BCUT2D eigenvalue weighted by Gasteiger charge is 2.36. The molecule has 1 aromatic rings. The number of carbonyl (C=O) groups is 1. The van der Waals surface area contributed by atoms with Crippen LogP contribution < -0.4 is 10.5 Å². The lowest BCUT2D eigenvalue weighted by Crippen LogP contribution is -2.33. The van der Waals surface area contributed by atoms with E-state index in [-0.39, 0.29) is 5.56 Å². The molecule has 3 N–H and O–H groups in total. The number of halogens is 1. The van der Waals surface area contributed by atoms with Gasteiger partial charge in [0, 0.05) is 16.3 Å². The lowest BCUT2D eigenvalue weighted by molar-refractivity contribution is 0.0981. The zero-order valence-electron chi connectivity index (χ0n) is 8.81. The first-order valence-corrected chi connectivity index (χ1v) is 6.93. The maximum absolute atomic E-state index is 11.7. The Bertz CT molecular complexity index is 547. The molecule has 1 fully saturated rings. The Morgan fingerprint density at radius 1 is 1.35 bits per heavy atom. The Kier molecular flexibility index (Phi) is 3.01. The molecular weight excluding hydrogens is 264 g/mol. The van der Waals surface area contributed by atoms with Crippen molar-refractivity contribution in [1.82, 2.24) is 4.72 Å². The van der Waals surface area contributed by atoms with E-state index < -0.39 is 21.2 Å². The molecule has 1 saturated carbocycles. The van der Waals surface area contributed by atoms with Gasteiger partial charge in [-0.3, -0.25) is 4.79 Å². The van der Waals surface area contributed by atoms with Gasteiger partial charge in [-0.1, -0.05) is 11.6 Å². The minimum atomic E-state index is -3.54. The van der Waals surface area contributed by atoms with E-state index in [4.69, 9.17) is 17.3 Å². The average Bonchev–Trinajstić information content (AvgIpc) is 2.98. The number of carbonyl (C=O) groups excluding carboxylic acids is 1. The van der Waals surface area contributed by atoms with Gasteiger partial charge in [0.25, 0.3) is 5.91 Å². The van der Waals surface area contributed by atoms with Crippen LogP contribution in [0, 0.1) is 0 Å². The van der Waals surface area contributed by atoms with Crippen LogP contribution in [0.5, 0.6) is 0 Å². The van der Waals surface area contributed by atoms with Gasteiger partial charge in [-0.15, -0.1) is 0 Å². The molecule has 0 bridgehead atoms. The fourth-order valence-electron chi connectivity index (χ4n) is 1.39. The van der Waals surface area contributed by atoms with Crippen LogP contribution in [0.15, 0.2) is 18.2 Å². The molecule has 0 unspecified atom stereocenters. The van der Waals surface area contributed by atoms with Crippen LogP contribution in [0.1, 0.15) is 23.2 Å². The summed E-state index contributed by atoms with van der Waals surface area (Å²) in [7, 11) is -3.54. The van der Waals surface area contributed by atoms with Gasteiger partial charge in [-0.25, -0.2) is 13.1 Å². The summed E-state index contributed by atoms with van der Waals surface area (Å²) in [6, 6.07) is 4.23. The Morgan fingerprint density at radius 3 is 2.53 bits per heavy atom. The topological polar surface area (TPSA) is 89.3 Å². The Labute approximate surface area is 104 Å². The zero-order valence-corrected chi connectivity index (χ0v) is 10.4. The van der Waals surface area contributed by atoms with Crippen molar-refractivity contribution in [3.8, 4) is 0 Å². The summed E-state index contributed by atoms with van der Waals surface area (Å²) < 4.78 is 25.1. The quantitative estimate of drug-likeness (QED) is 0.809. The summed E-state index contributed by atoms with van der Waals surface area (Å²) in [6.45, 7) is 0. The van der Waals surface area contributed by atoms with Crippen molar-refractivity contribution in [3.63, 3.8) is 0 Å². The molecule has 0 aromatic heterocycles. The molecule has 17 heavy (non-hydrogen) atoms. The Balaban J connectivity index is 2.20. The zero-order chi connectivity index (χ0) is 12.6. The number of sulfonamides is 1. The maximum atomic E-state index is 11.7. The number of anilines is 1. The Hall–Kier alpha value is -1.27. The van der Waals surface area contributed by atoms with Gasteiger partial charge in [0.15, 0.2) is 0 Å². The van der Waals surface area contributed by atoms with Crippen LogP contribution in [-0.4, -0.2) is 19.6 Å². The van der Waals surface area contributed by atoms with E-state index in [2.05, 4.69) is 0 Å². The second kappa shape index (κ2) is 4.19. The predicted molar refractivity (Wildman–Crippen MR) is 65.3 cm³/mol. The molecule has 1 aliphatic carbocycles. The van der Waals surface area contributed by atoms with Gasteiger partial charge in [0.1, 0.15) is 0 Å². The molecular formula is C10H11ClN2O3S. The first-order chi connectivity index (χ1) is 7.88. The molecule has 0 aliphatic heterocycles. The van der Waals surface area contributed by atoms with Gasteiger partial charge in [0.2, 0.25) is 10.0 Å². The lowest BCUT2D eigenvalue weighted by Gasteiger charge is -2.06. The minimum absolute atomic E-state index is 0.138. The van der Waals surface area contributed by atoms with Gasteiger partial charge < -0.3 is 5.73 Å². The number of benzene rings is 1. The molecule has 0 radical (unpaired) electrons. The van der Waals surface area contributed by atoms with Crippen molar-refractivity contribution in [2.24, 2.45) is 0 Å². The SMILES string of the molecule is Nc1cc(Cl)cc(C(=O)NS(=O)(=O)C2CC2)c1. The van der Waals surface area contributed by atoms with Crippen LogP contribution in [0.25, 0.3) is 0 Å². The predicted octanol–water partition coefficient (Wildman–Crippen LogP) is 1.14. The summed E-state index contributed by atoms with van der Waals surface area (Å²) in [6.07, 6.45) is 1.20. The number of nitrogen functional groups attached to an aromatic ring is 1. The highest BCUT2D eigenvalue weighted by molar-refractivity contribution is 7.91. The van der Waals surface area contributed by atoms with Crippen molar-refractivity contribution < 1.29 is 13.2 Å². The first-order valence-electron chi connectivity index (χ1n) is 5.00. The molecule has 0 heterocycles. The first kappa shape index (κ1) is 12.2. The third-order valence-electron chi connectivity index (χ3n) is 2.38. The van der Waals surface area contributed by atoms with Gasteiger partial charge >= 0.3 is 0 Å². The fourth-order valence-corrected chi connectivity index (χ4v) is 2.94. The van der Waals surface area contributed by atoms with Crippen LogP contribution in [0.2, 0.25) is 5.02 Å². The lowest BCUT2D eigenvalue weighted by atomic mass is 10.2. The number of rotatable bonds is 3. The third-order valence-corrected chi connectivity index (χ3v) is 4.42. The minimum Gasteiger partial charge on any atom is -0.399 e. The Morgan fingerprint density at radius 2 is 2.00 bits per heavy atom. The normalized spacial score (nSPS) is 15.6. The smallest absolute Gasteiger partial charge is 0.264 e. The largest absolute Gasteiger partial charge is 0.399 e. The molecule has 0 spiro atoms. The average molecular weight is 275 g/mol. The summed E-state index contributed by atoms with van der Waals surface area (Å²) in [5.74, 6) is -0.703. The van der Waals surface area contributed by atoms with Crippen molar-refractivity contribution >= 4 is 33.2 Å². The molecule has 0 atom stereocenters. The highest BCUT2D eigenvalue weighted by Crippen LogP contribution is 2.27. The number of nitrogens with two attached hydrogens (primary N) is 1. The van der Waals surface area contributed by atoms with E-state index in [1.54, 1.807) is 0 Å². The number of hydrogen-bond acceptors (Lipinski definition) is 4. The molecule has 1 amide bonds. The van der Waals surface area contributed by atoms with Gasteiger partial charge in [-0.2, -0.15) is 0 Å². The van der Waals surface area contributed by atoms with E-state index in [9.17, 15) is 13.2 Å². The molecule has 1 aromatic carbocycles. The van der Waals surface area contributed by atoms with Gasteiger partial charge in [-0.05, 0) is 31.0 Å². The second-order valence-corrected chi connectivity index (χ2v) is 6.35. The maximum Gasteiger partial charge on any atom is 0.264 e. The molecule has 0 saturated heterocycles. The second-order valence-electron chi connectivity index (χ2n) is 3.95. The number of hydrogen-bond donors (Lipinski definition) is 2. The van der Waals surface area contributed by atoms with Crippen molar-refractivity contribution in [1.29, 1.82) is 0 Å². The van der Waals surface area contributed by atoms with E-state index in [0.29, 0.717) is 23.6 Å². The van der Waals surface area contributed by atoms with E-state index in [1.807, 2.05) is 4.72 Å².